The summed E-state index contributed by atoms with van der Waals surface area (Å²) < 4.78 is 3.51. The highest BCUT2D eigenvalue weighted by Gasteiger charge is 2.39. The molecular formula is C28H27N5O3. The van der Waals surface area contributed by atoms with E-state index in [0.29, 0.717) is 45.8 Å². The molecule has 0 fully saturated rings. The Bertz CT molecular complexity index is 1450. The Morgan fingerprint density at radius 1 is 1.00 bits per heavy atom. The van der Waals surface area contributed by atoms with Crippen LogP contribution in [-0.2, 0) is 18.7 Å². The minimum Gasteiger partial charge on any atom is -0.395 e. The number of aliphatic hydroxyl groups excluding tert-OH is 1. The van der Waals surface area contributed by atoms with Crippen LogP contribution in [-0.4, -0.2) is 42.1 Å². The lowest BCUT2D eigenvalue weighted by Crippen LogP contribution is -2.33. The minimum atomic E-state index is -1.58. The van der Waals surface area contributed by atoms with Gasteiger partial charge in [-0.05, 0) is 36.2 Å². The van der Waals surface area contributed by atoms with Crippen molar-refractivity contribution in [1.29, 1.82) is 0 Å². The van der Waals surface area contributed by atoms with Gasteiger partial charge in [0.25, 0.3) is 5.91 Å². The molecule has 0 aliphatic heterocycles. The van der Waals surface area contributed by atoms with Crippen molar-refractivity contribution in [1.82, 2.24) is 19.3 Å². The Morgan fingerprint density at radius 3 is 2.25 bits per heavy atom. The van der Waals surface area contributed by atoms with E-state index in [0.717, 1.165) is 0 Å². The van der Waals surface area contributed by atoms with Crippen LogP contribution in [0.5, 0.6) is 0 Å². The third-order valence-corrected chi connectivity index (χ3v) is 6.26. The van der Waals surface area contributed by atoms with Gasteiger partial charge in [-0.15, -0.1) is 0 Å². The maximum atomic E-state index is 13.0. The third-order valence-electron chi connectivity index (χ3n) is 6.26. The van der Waals surface area contributed by atoms with Gasteiger partial charge in [0.1, 0.15) is 0 Å². The molecule has 8 heteroatoms. The number of nitrogens with zero attached hydrogens (tertiary/aromatic N) is 4. The fraction of sp³-hybridized carbons (Fsp3) is 0.179. The fourth-order valence-corrected chi connectivity index (χ4v) is 4.45. The summed E-state index contributed by atoms with van der Waals surface area (Å²) in [6.07, 6.45) is 3.37. The summed E-state index contributed by atoms with van der Waals surface area (Å²) in [5.74, 6) is 0.0814. The summed E-state index contributed by atoms with van der Waals surface area (Å²) in [5.41, 5.74) is 2.01. The van der Waals surface area contributed by atoms with Crippen LogP contribution in [0.3, 0.4) is 0 Å². The van der Waals surface area contributed by atoms with Gasteiger partial charge in [0.15, 0.2) is 11.4 Å². The van der Waals surface area contributed by atoms with Crippen molar-refractivity contribution in [3.63, 3.8) is 0 Å². The zero-order valence-electron chi connectivity index (χ0n) is 19.9. The maximum absolute atomic E-state index is 13.0. The summed E-state index contributed by atoms with van der Waals surface area (Å²) in [5, 5.41) is 29.2. The number of anilines is 1. The first-order valence-corrected chi connectivity index (χ1v) is 11.8. The van der Waals surface area contributed by atoms with Crippen molar-refractivity contribution in [2.45, 2.75) is 25.6 Å². The minimum absolute atomic E-state index is 0.162. The van der Waals surface area contributed by atoms with E-state index in [2.05, 4.69) is 10.4 Å². The molecule has 2 heterocycles. The topological polar surface area (TPSA) is 105 Å². The molecule has 3 N–H and O–H groups in total. The molecule has 0 unspecified atom stereocenters. The van der Waals surface area contributed by atoms with E-state index < -0.39 is 5.60 Å². The van der Waals surface area contributed by atoms with Gasteiger partial charge in [0.2, 0.25) is 0 Å². The van der Waals surface area contributed by atoms with Gasteiger partial charge in [-0.1, -0.05) is 60.7 Å². The second-order valence-corrected chi connectivity index (χ2v) is 8.50. The molecule has 36 heavy (non-hydrogen) atoms. The summed E-state index contributed by atoms with van der Waals surface area (Å²) in [7, 11) is 0. The molecule has 0 aliphatic rings. The predicted molar refractivity (Wildman–Crippen MR) is 138 cm³/mol. The first kappa shape index (κ1) is 23.5. The average molecular weight is 482 g/mol. The van der Waals surface area contributed by atoms with Crippen LogP contribution in [0.15, 0.2) is 91.3 Å². The number of nitrogens with one attached hydrogen (secondary N) is 1. The van der Waals surface area contributed by atoms with Gasteiger partial charge in [-0.2, -0.15) is 5.10 Å². The monoisotopic (exact) mass is 481 g/mol. The van der Waals surface area contributed by atoms with Gasteiger partial charge in [0.05, 0.1) is 29.5 Å². The van der Waals surface area contributed by atoms with Gasteiger partial charge < -0.3 is 20.1 Å². The fourth-order valence-electron chi connectivity index (χ4n) is 4.45. The number of carbonyl (C=O) groups excluding carboxylic acids is 1. The number of carbonyl (C=O) groups is 1. The summed E-state index contributed by atoms with van der Waals surface area (Å²) in [6, 6.07) is 23.8. The molecule has 0 atom stereocenters. The predicted octanol–water partition coefficient (Wildman–Crippen LogP) is 3.78. The summed E-state index contributed by atoms with van der Waals surface area (Å²) >= 11 is 0. The molecule has 1 amide bonds. The highest BCUT2D eigenvalue weighted by Crippen LogP contribution is 2.37. The normalized spacial score (nSPS) is 11.6. The van der Waals surface area contributed by atoms with Crippen molar-refractivity contribution in [3.05, 3.63) is 114 Å². The summed E-state index contributed by atoms with van der Waals surface area (Å²) in [6.45, 7) is 2.71. The van der Waals surface area contributed by atoms with Crippen molar-refractivity contribution in [2.75, 3.05) is 11.9 Å². The molecule has 0 radical (unpaired) electrons. The van der Waals surface area contributed by atoms with Crippen LogP contribution in [0.1, 0.15) is 34.2 Å². The molecule has 0 bridgehead atoms. The Morgan fingerprint density at radius 2 is 1.67 bits per heavy atom. The van der Waals surface area contributed by atoms with Crippen LogP contribution < -0.4 is 5.32 Å². The number of hydrogen-bond acceptors (Lipinski definition) is 5. The highest BCUT2D eigenvalue weighted by molar-refractivity contribution is 6.05. The average Bonchev–Trinajstić information content (AvgIpc) is 3.53. The lowest BCUT2D eigenvalue weighted by atomic mass is 9.85. The SMILES string of the molecule is CCn1cc(NC(=O)c2ccc3nc(C(O)(c4ccccc4)c4ccccc4)n(CCO)c3c2)cn1. The van der Waals surface area contributed by atoms with Crippen molar-refractivity contribution < 1.29 is 15.0 Å². The summed E-state index contributed by atoms with van der Waals surface area (Å²) in [4.78, 5) is 17.8. The number of aliphatic hydroxyl groups is 2. The number of imidazole rings is 1. The first-order chi connectivity index (χ1) is 17.5. The second kappa shape index (κ2) is 9.77. The number of aromatic nitrogens is 4. The van der Waals surface area contributed by atoms with Crippen molar-refractivity contribution in [3.8, 4) is 0 Å². The van der Waals surface area contributed by atoms with Crippen LogP contribution in [0.4, 0.5) is 5.69 Å². The number of benzene rings is 3. The zero-order chi connectivity index (χ0) is 25.1. The molecule has 2 aromatic heterocycles. The van der Waals surface area contributed by atoms with E-state index in [9.17, 15) is 15.0 Å². The lowest BCUT2D eigenvalue weighted by Gasteiger charge is -2.29. The van der Waals surface area contributed by atoms with E-state index in [4.69, 9.17) is 4.98 Å². The smallest absolute Gasteiger partial charge is 0.255 e. The van der Waals surface area contributed by atoms with Crippen LogP contribution in [0.2, 0.25) is 0 Å². The molecule has 182 valence electrons. The van der Waals surface area contributed by atoms with Crippen LogP contribution in [0, 0.1) is 0 Å². The molecule has 0 saturated heterocycles. The van der Waals surface area contributed by atoms with E-state index >= 15 is 0 Å². The number of hydrogen-bond donors (Lipinski definition) is 3. The van der Waals surface area contributed by atoms with Gasteiger partial charge in [-0.25, -0.2) is 4.98 Å². The molecule has 5 aromatic rings. The number of aryl methyl sites for hydroxylation is 1. The Balaban J connectivity index is 1.63. The number of rotatable bonds is 8. The number of fused-ring (bicyclic) bond motifs is 1. The largest absolute Gasteiger partial charge is 0.395 e. The first-order valence-electron chi connectivity index (χ1n) is 11.8. The quantitative estimate of drug-likeness (QED) is 0.313. The van der Waals surface area contributed by atoms with Crippen molar-refractivity contribution >= 4 is 22.6 Å². The molecule has 0 aliphatic carbocycles. The van der Waals surface area contributed by atoms with Crippen LogP contribution in [0.25, 0.3) is 11.0 Å². The number of amides is 1. The van der Waals surface area contributed by atoms with E-state index in [1.54, 1.807) is 39.8 Å². The van der Waals surface area contributed by atoms with Crippen molar-refractivity contribution in [2.24, 2.45) is 0 Å². The van der Waals surface area contributed by atoms with Gasteiger partial charge in [-0.3, -0.25) is 9.48 Å². The Kier molecular flexibility index (Phi) is 6.37. The van der Waals surface area contributed by atoms with E-state index in [1.165, 1.54) is 0 Å². The van der Waals surface area contributed by atoms with Crippen LogP contribution >= 0.6 is 0 Å². The Hall–Kier alpha value is -4.27. The van der Waals surface area contributed by atoms with E-state index in [-0.39, 0.29) is 19.1 Å². The van der Waals surface area contributed by atoms with Gasteiger partial charge in [0, 0.05) is 24.8 Å². The molecule has 0 spiro atoms. The molecular weight excluding hydrogens is 454 g/mol. The van der Waals surface area contributed by atoms with E-state index in [1.807, 2.05) is 67.6 Å². The molecule has 0 saturated carbocycles. The van der Waals surface area contributed by atoms with Gasteiger partial charge >= 0.3 is 0 Å². The standard InChI is InChI=1S/C28H27N5O3/c1-2-32-19-23(18-29-32)30-26(35)20-13-14-24-25(17-20)33(15-16-34)27(31-24)28(36,21-9-5-3-6-10-21)22-11-7-4-8-12-22/h3-14,17-19,34,36H,2,15-16H2,1H3,(H,30,35). The Labute approximate surface area is 208 Å². The molecule has 8 nitrogen and oxygen atoms in total. The second-order valence-electron chi connectivity index (χ2n) is 8.50. The zero-order valence-corrected chi connectivity index (χ0v) is 19.9. The highest BCUT2D eigenvalue weighted by atomic mass is 16.3. The maximum Gasteiger partial charge on any atom is 0.255 e. The molecule has 5 rings (SSSR count). The lowest BCUT2D eigenvalue weighted by molar-refractivity contribution is 0.102. The third kappa shape index (κ3) is 4.17. The molecule has 3 aromatic carbocycles.